The van der Waals surface area contributed by atoms with E-state index in [1.165, 1.54) is 12.3 Å². The Labute approximate surface area is 146 Å². The number of rotatable bonds is 6. The van der Waals surface area contributed by atoms with Gasteiger partial charge in [0.05, 0.1) is 5.69 Å². The van der Waals surface area contributed by atoms with Gasteiger partial charge in [-0.15, -0.1) is 0 Å². The molecule has 2 aromatic heterocycles. The summed E-state index contributed by atoms with van der Waals surface area (Å²) in [5.74, 6) is 1.11. The summed E-state index contributed by atoms with van der Waals surface area (Å²) in [7, 11) is 0. The summed E-state index contributed by atoms with van der Waals surface area (Å²) < 4.78 is 5.48. The van der Waals surface area contributed by atoms with E-state index in [9.17, 15) is 9.59 Å². The third-order valence-electron chi connectivity index (χ3n) is 4.43. The molecule has 134 valence electrons. The number of H-pyrrole nitrogens is 1. The highest BCUT2D eigenvalue weighted by atomic mass is 16.3. The summed E-state index contributed by atoms with van der Waals surface area (Å²) >= 11 is 0. The fourth-order valence-electron chi connectivity index (χ4n) is 3.05. The van der Waals surface area contributed by atoms with Crippen molar-refractivity contribution in [2.45, 2.75) is 32.7 Å². The Bertz CT molecular complexity index is 780. The lowest BCUT2D eigenvalue weighted by Crippen LogP contribution is -2.34. The molecule has 1 fully saturated rings. The zero-order chi connectivity index (χ0) is 17.8. The zero-order valence-electron chi connectivity index (χ0n) is 14.6. The molecule has 25 heavy (non-hydrogen) atoms. The summed E-state index contributed by atoms with van der Waals surface area (Å²) in [5.41, 5.74) is 0.741. The minimum atomic E-state index is -0.361. The number of aromatic nitrogens is 2. The fourth-order valence-corrected chi connectivity index (χ4v) is 3.05. The lowest BCUT2D eigenvalue weighted by molar-refractivity contribution is 0.0945. The van der Waals surface area contributed by atoms with Crippen LogP contribution in [0.1, 0.15) is 48.1 Å². The molecule has 0 bridgehead atoms. The van der Waals surface area contributed by atoms with Gasteiger partial charge in [0.15, 0.2) is 5.89 Å². The maximum atomic E-state index is 12.1. The van der Waals surface area contributed by atoms with E-state index >= 15 is 0 Å². The van der Waals surface area contributed by atoms with Gasteiger partial charge in [-0.2, -0.15) is 0 Å². The van der Waals surface area contributed by atoms with Crippen molar-refractivity contribution in [3.63, 3.8) is 0 Å². The highest BCUT2D eigenvalue weighted by Gasteiger charge is 2.24. The molecule has 0 saturated carbocycles. The molecule has 1 unspecified atom stereocenters. The number of pyridine rings is 1. The van der Waals surface area contributed by atoms with Gasteiger partial charge in [-0.1, -0.05) is 13.8 Å². The minimum Gasteiger partial charge on any atom is -0.448 e. The first-order valence-corrected chi connectivity index (χ1v) is 8.65. The van der Waals surface area contributed by atoms with E-state index in [1.54, 1.807) is 12.3 Å². The molecule has 0 spiro atoms. The first kappa shape index (κ1) is 17.4. The van der Waals surface area contributed by atoms with E-state index in [0.29, 0.717) is 12.5 Å². The minimum absolute atomic E-state index is 0.154. The van der Waals surface area contributed by atoms with Gasteiger partial charge in [0.2, 0.25) is 0 Å². The maximum absolute atomic E-state index is 12.1. The van der Waals surface area contributed by atoms with E-state index in [0.717, 1.165) is 37.6 Å². The molecule has 0 aromatic carbocycles. The third kappa shape index (κ3) is 4.36. The lowest BCUT2D eigenvalue weighted by Gasteiger charge is -2.14. The van der Waals surface area contributed by atoms with Gasteiger partial charge in [0.25, 0.3) is 11.5 Å². The molecule has 3 heterocycles. The van der Waals surface area contributed by atoms with Crippen LogP contribution in [0.15, 0.2) is 33.8 Å². The summed E-state index contributed by atoms with van der Waals surface area (Å²) in [6, 6.07) is 3.18. The van der Waals surface area contributed by atoms with Crippen molar-refractivity contribution in [3.05, 3.63) is 52.1 Å². The molecule has 1 aliphatic heterocycles. The normalized spacial score (nSPS) is 18.0. The van der Waals surface area contributed by atoms with E-state index in [2.05, 4.69) is 34.0 Å². The fraction of sp³-hybridized carbons (Fsp3) is 0.500. The molecule has 7 heteroatoms. The van der Waals surface area contributed by atoms with Crippen LogP contribution in [0.25, 0.3) is 0 Å². The second-order valence-corrected chi connectivity index (χ2v) is 6.84. The Balaban J connectivity index is 1.47. The van der Waals surface area contributed by atoms with E-state index in [4.69, 9.17) is 4.42 Å². The van der Waals surface area contributed by atoms with Crippen molar-refractivity contribution in [3.8, 4) is 0 Å². The quantitative estimate of drug-likeness (QED) is 0.833. The number of amides is 1. The molecule has 0 aliphatic carbocycles. The molecule has 1 atom stereocenters. The summed E-state index contributed by atoms with van der Waals surface area (Å²) in [6.45, 7) is 7.31. The number of carbonyl (C=O) groups is 1. The zero-order valence-corrected chi connectivity index (χ0v) is 14.6. The van der Waals surface area contributed by atoms with Gasteiger partial charge >= 0.3 is 0 Å². The SMILES string of the molecule is CC(C)c1nc(CN2CCC(CNC(=O)c3ccc[nH]c3=O)C2)co1. The van der Waals surface area contributed by atoms with Crippen molar-refractivity contribution < 1.29 is 9.21 Å². The average Bonchev–Trinajstić information content (AvgIpc) is 3.23. The third-order valence-corrected chi connectivity index (χ3v) is 4.43. The van der Waals surface area contributed by atoms with Crippen LogP contribution in [-0.2, 0) is 6.54 Å². The number of nitrogens with zero attached hydrogens (tertiary/aromatic N) is 2. The second-order valence-electron chi connectivity index (χ2n) is 6.84. The Kier molecular flexibility index (Phi) is 5.33. The Hall–Kier alpha value is -2.41. The van der Waals surface area contributed by atoms with Gasteiger partial charge in [-0.3, -0.25) is 14.5 Å². The average molecular weight is 344 g/mol. The van der Waals surface area contributed by atoms with Crippen molar-refractivity contribution in [2.75, 3.05) is 19.6 Å². The summed E-state index contributed by atoms with van der Waals surface area (Å²) in [6.07, 6.45) is 4.26. The molecular formula is C18H24N4O3. The number of carbonyl (C=O) groups excluding carboxylic acids is 1. The number of nitrogens with one attached hydrogen (secondary N) is 2. The molecule has 7 nitrogen and oxygen atoms in total. The van der Waals surface area contributed by atoms with Crippen LogP contribution >= 0.6 is 0 Å². The van der Waals surface area contributed by atoms with Crippen molar-refractivity contribution in [1.29, 1.82) is 0 Å². The number of hydrogen-bond donors (Lipinski definition) is 2. The van der Waals surface area contributed by atoms with Crippen molar-refractivity contribution in [1.82, 2.24) is 20.2 Å². The van der Waals surface area contributed by atoms with Gasteiger partial charge in [-0.25, -0.2) is 4.98 Å². The highest BCUT2D eigenvalue weighted by molar-refractivity contribution is 5.93. The predicted octanol–water partition coefficient (Wildman–Crippen LogP) is 1.74. The number of aromatic amines is 1. The maximum Gasteiger partial charge on any atom is 0.260 e. The first-order valence-electron chi connectivity index (χ1n) is 8.65. The molecule has 3 rings (SSSR count). The van der Waals surface area contributed by atoms with Gasteiger partial charge in [0.1, 0.15) is 11.8 Å². The van der Waals surface area contributed by atoms with Crippen LogP contribution in [-0.4, -0.2) is 40.4 Å². The molecule has 1 amide bonds. The monoisotopic (exact) mass is 344 g/mol. The van der Waals surface area contributed by atoms with Crippen molar-refractivity contribution in [2.24, 2.45) is 5.92 Å². The number of oxazole rings is 1. The second kappa shape index (κ2) is 7.65. The van der Waals surface area contributed by atoms with Gasteiger partial charge < -0.3 is 14.7 Å². The standard InChI is InChI=1S/C18H24N4O3/c1-12(2)18-21-14(11-25-18)10-22-7-5-13(9-22)8-20-17(24)15-4-3-6-19-16(15)23/h3-4,6,11-13H,5,7-10H2,1-2H3,(H,19,23)(H,20,24). The topological polar surface area (TPSA) is 91.2 Å². The Morgan fingerprint density at radius 1 is 1.52 bits per heavy atom. The van der Waals surface area contributed by atoms with Gasteiger partial charge in [0, 0.05) is 31.7 Å². The Morgan fingerprint density at radius 2 is 2.36 bits per heavy atom. The first-order chi connectivity index (χ1) is 12.0. The van der Waals surface area contributed by atoms with Crippen LogP contribution < -0.4 is 10.9 Å². The number of hydrogen-bond acceptors (Lipinski definition) is 5. The van der Waals surface area contributed by atoms with Crippen LogP contribution in [0.2, 0.25) is 0 Å². The smallest absolute Gasteiger partial charge is 0.260 e. The molecule has 2 aromatic rings. The molecule has 2 N–H and O–H groups in total. The van der Waals surface area contributed by atoms with E-state index < -0.39 is 0 Å². The van der Waals surface area contributed by atoms with Gasteiger partial charge in [-0.05, 0) is 31.0 Å². The molecular weight excluding hydrogens is 320 g/mol. The lowest BCUT2D eigenvalue weighted by atomic mass is 10.1. The Morgan fingerprint density at radius 3 is 3.08 bits per heavy atom. The largest absolute Gasteiger partial charge is 0.448 e. The molecule has 0 radical (unpaired) electrons. The van der Waals surface area contributed by atoms with E-state index in [-0.39, 0.29) is 22.9 Å². The van der Waals surface area contributed by atoms with Crippen LogP contribution in [0.3, 0.4) is 0 Å². The number of likely N-dealkylation sites (tertiary alicyclic amines) is 1. The molecule has 1 saturated heterocycles. The predicted molar refractivity (Wildman–Crippen MR) is 93.4 cm³/mol. The van der Waals surface area contributed by atoms with Crippen LogP contribution in [0.5, 0.6) is 0 Å². The van der Waals surface area contributed by atoms with Crippen LogP contribution in [0.4, 0.5) is 0 Å². The van der Waals surface area contributed by atoms with E-state index in [1.807, 2.05) is 0 Å². The summed E-state index contributed by atoms with van der Waals surface area (Å²) in [5, 5.41) is 2.87. The summed E-state index contributed by atoms with van der Waals surface area (Å²) in [4.78, 5) is 33.0. The highest BCUT2D eigenvalue weighted by Crippen LogP contribution is 2.19. The van der Waals surface area contributed by atoms with Crippen LogP contribution in [0, 0.1) is 5.92 Å². The molecule has 1 aliphatic rings. The van der Waals surface area contributed by atoms with Crippen molar-refractivity contribution >= 4 is 5.91 Å².